The zero-order valence-corrected chi connectivity index (χ0v) is 12.5. The van der Waals surface area contributed by atoms with Gasteiger partial charge in [-0.25, -0.2) is 9.97 Å². The van der Waals surface area contributed by atoms with E-state index in [0.29, 0.717) is 19.1 Å². The van der Waals surface area contributed by atoms with Crippen molar-refractivity contribution in [3.05, 3.63) is 52.5 Å². The van der Waals surface area contributed by atoms with Gasteiger partial charge in [0.25, 0.3) is 0 Å². The molecule has 1 aliphatic rings. The summed E-state index contributed by atoms with van der Waals surface area (Å²) in [6, 6.07) is 5.96. The fourth-order valence-electron chi connectivity index (χ4n) is 2.51. The number of allylic oxidation sites excluding steroid dienone is 1. The average molecular weight is 293 g/mol. The van der Waals surface area contributed by atoms with Gasteiger partial charge >= 0.3 is 0 Å². The molecule has 2 heterocycles. The molecule has 2 aromatic rings. The maximum Gasteiger partial charge on any atom is 0.228 e. The van der Waals surface area contributed by atoms with E-state index >= 15 is 0 Å². The van der Waals surface area contributed by atoms with Crippen molar-refractivity contribution in [2.24, 2.45) is 0 Å². The second-order valence-electron chi connectivity index (χ2n) is 5.15. The molecule has 5 heteroatoms. The highest BCUT2D eigenvalue weighted by molar-refractivity contribution is 5.58. The topological polar surface area (TPSA) is 68.0 Å². The number of benzene rings is 1. The fraction of sp³-hybridized carbons (Fsp3) is 0.235. The molecule has 1 aromatic heterocycles. The van der Waals surface area contributed by atoms with Crippen molar-refractivity contribution < 1.29 is 9.47 Å². The fourth-order valence-corrected chi connectivity index (χ4v) is 2.51. The van der Waals surface area contributed by atoms with E-state index < -0.39 is 0 Å². The minimum atomic E-state index is 0.479. The number of nitriles is 1. The molecule has 110 valence electrons. The van der Waals surface area contributed by atoms with Crippen LogP contribution < -0.4 is 4.74 Å². The summed E-state index contributed by atoms with van der Waals surface area (Å²) < 4.78 is 11.4. The number of ether oxygens (including phenoxy) is 2. The Labute approximate surface area is 128 Å². The van der Waals surface area contributed by atoms with Gasteiger partial charge in [-0.05, 0) is 48.7 Å². The summed E-state index contributed by atoms with van der Waals surface area (Å²) in [5, 5.41) is 8.62. The molecule has 0 unspecified atom stereocenters. The van der Waals surface area contributed by atoms with E-state index in [9.17, 15) is 0 Å². The van der Waals surface area contributed by atoms with Crippen LogP contribution in [-0.2, 0) is 18.0 Å². The van der Waals surface area contributed by atoms with Gasteiger partial charge in [0.2, 0.25) is 5.88 Å². The molecular weight excluding hydrogens is 278 g/mol. The minimum Gasteiger partial charge on any atom is -0.438 e. The number of fused-ring (bicyclic) bond motifs is 1. The van der Waals surface area contributed by atoms with E-state index in [1.54, 1.807) is 6.08 Å². The van der Waals surface area contributed by atoms with Crippen LogP contribution >= 0.6 is 0 Å². The van der Waals surface area contributed by atoms with E-state index in [2.05, 4.69) is 9.97 Å². The third-order valence-corrected chi connectivity index (χ3v) is 3.51. The first-order valence-corrected chi connectivity index (χ1v) is 6.95. The third-order valence-electron chi connectivity index (χ3n) is 3.51. The van der Waals surface area contributed by atoms with E-state index in [-0.39, 0.29) is 0 Å². The lowest BCUT2D eigenvalue weighted by molar-refractivity contribution is 0.132. The Morgan fingerprint density at radius 3 is 2.73 bits per heavy atom. The van der Waals surface area contributed by atoms with Crippen LogP contribution in [0, 0.1) is 25.2 Å². The van der Waals surface area contributed by atoms with Gasteiger partial charge < -0.3 is 9.47 Å². The molecule has 0 spiro atoms. The van der Waals surface area contributed by atoms with Crippen molar-refractivity contribution >= 4 is 6.08 Å². The smallest absolute Gasteiger partial charge is 0.228 e. The minimum absolute atomic E-state index is 0.479. The van der Waals surface area contributed by atoms with Crippen molar-refractivity contribution in [3.8, 4) is 17.7 Å². The number of hydrogen-bond acceptors (Lipinski definition) is 5. The summed E-state index contributed by atoms with van der Waals surface area (Å²) >= 11 is 0. The molecule has 0 N–H and O–H groups in total. The first-order valence-electron chi connectivity index (χ1n) is 6.95. The molecule has 0 atom stereocenters. The van der Waals surface area contributed by atoms with Crippen LogP contribution in [0.25, 0.3) is 6.08 Å². The number of rotatable bonds is 3. The van der Waals surface area contributed by atoms with E-state index in [4.69, 9.17) is 14.7 Å². The summed E-state index contributed by atoms with van der Waals surface area (Å²) in [5.41, 5.74) is 4.75. The highest BCUT2D eigenvalue weighted by Crippen LogP contribution is 2.33. The van der Waals surface area contributed by atoms with Gasteiger partial charge in [0.05, 0.1) is 30.5 Å². The number of aryl methyl sites for hydroxylation is 2. The highest BCUT2D eigenvalue weighted by Gasteiger charge is 2.20. The second kappa shape index (κ2) is 5.96. The summed E-state index contributed by atoms with van der Waals surface area (Å²) in [5.74, 6) is 1.33. The van der Waals surface area contributed by atoms with Crippen LogP contribution in [0.3, 0.4) is 0 Å². The molecule has 22 heavy (non-hydrogen) atoms. The summed E-state index contributed by atoms with van der Waals surface area (Å²) in [6.07, 6.45) is 4.74. The first-order chi connectivity index (χ1) is 10.7. The normalized spacial score (nSPS) is 13.1. The van der Waals surface area contributed by atoms with Crippen LogP contribution in [0.5, 0.6) is 11.6 Å². The molecule has 0 saturated carbocycles. The van der Waals surface area contributed by atoms with Crippen molar-refractivity contribution in [2.75, 3.05) is 0 Å². The van der Waals surface area contributed by atoms with Gasteiger partial charge in [-0.3, -0.25) is 0 Å². The molecular formula is C17H15N3O2. The Kier molecular flexibility index (Phi) is 3.86. The lowest BCUT2D eigenvalue weighted by Gasteiger charge is -2.13. The van der Waals surface area contributed by atoms with Crippen LogP contribution in [0.15, 0.2) is 24.5 Å². The Bertz CT molecular complexity index is 768. The van der Waals surface area contributed by atoms with Gasteiger partial charge in [-0.1, -0.05) is 0 Å². The van der Waals surface area contributed by atoms with Crippen molar-refractivity contribution in [2.45, 2.75) is 27.1 Å². The quantitative estimate of drug-likeness (QED) is 0.811. The van der Waals surface area contributed by atoms with Crippen LogP contribution in [0.4, 0.5) is 0 Å². The lowest BCUT2D eigenvalue weighted by atomic mass is 10.1. The second-order valence-corrected chi connectivity index (χ2v) is 5.15. The molecule has 1 aromatic carbocycles. The van der Waals surface area contributed by atoms with Gasteiger partial charge in [0.15, 0.2) is 0 Å². The molecule has 1 aliphatic heterocycles. The maximum absolute atomic E-state index is 8.62. The SMILES string of the molecule is Cc1cc(C=CC#N)cc(C)c1Oc1ncnc2c1COC2. The highest BCUT2D eigenvalue weighted by atomic mass is 16.5. The summed E-state index contributed by atoms with van der Waals surface area (Å²) in [7, 11) is 0. The molecule has 0 amide bonds. The largest absolute Gasteiger partial charge is 0.438 e. The van der Waals surface area contributed by atoms with Crippen LogP contribution in [-0.4, -0.2) is 9.97 Å². The number of hydrogen-bond donors (Lipinski definition) is 0. The monoisotopic (exact) mass is 293 g/mol. The van der Waals surface area contributed by atoms with Gasteiger partial charge in [0, 0.05) is 6.08 Å². The molecule has 0 saturated heterocycles. The van der Waals surface area contributed by atoms with Crippen molar-refractivity contribution in [1.29, 1.82) is 5.26 Å². The zero-order chi connectivity index (χ0) is 15.5. The molecule has 0 fully saturated rings. The standard InChI is InChI=1S/C17H15N3O2/c1-11-6-13(4-3-5-18)7-12(2)16(11)22-17-14-8-21-9-15(14)19-10-20-17/h3-4,6-7,10H,8-9H2,1-2H3. The molecule has 3 rings (SSSR count). The maximum atomic E-state index is 8.62. The Morgan fingerprint density at radius 1 is 1.23 bits per heavy atom. The molecule has 0 radical (unpaired) electrons. The van der Waals surface area contributed by atoms with Gasteiger partial charge in [-0.2, -0.15) is 5.26 Å². The van der Waals surface area contributed by atoms with Gasteiger partial charge in [-0.15, -0.1) is 0 Å². The third kappa shape index (κ3) is 2.69. The first kappa shape index (κ1) is 14.2. The van der Waals surface area contributed by atoms with E-state index in [1.807, 2.05) is 32.0 Å². The summed E-state index contributed by atoms with van der Waals surface area (Å²) in [4.78, 5) is 8.43. The molecule has 5 nitrogen and oxygen atoms in total. The predicted molar refractivity (Wildman–Crippen MR) is 81.2 cm³/mol. The molecule has 0 bridgehead atoms. The van der Waals surface area contributed by atoms with E-state index in [1.165, 1.54) is 12.4 Å². The number of aromatic nitrogens is 2. The van der Waals surface area contributed by atoms with Crippen molar-refractivity contribution in [3.63, 3.8) is 0 Å². The molecule has 0 aliphatic carbocycles. The Hall–Kier alpha value is -2.71. The number of nitrogens with zero attached hydrogens (tertiary/aromatic N) is 3. The Morgan fingerprint density at radius 2 is 2.00 bits per heavy atom. The van der Waals surface area contributed by atoms with E-state index in [0.717, 1.165) is 33.7 Å². The predicted octanol–water partition coefficient (Wildman–Crippen LogP) is 3.45. The summed E-state index contributed by atoms with van der Waals surface area (Å²) in [6.45, 7) is 4.94. The van der Waals surface area contributed by atoms with Gasteiger partial charge in [0.1, 0.15) is 12.1 Å². The zero-order valence-electron chi connectivity index (χ0n) is 12.5. The van der Waals surface area contributed by atoms with Crippen LogP contribution in [0.1, 0.15) is 27.9 Å². The lowest BCUT2D eigenvalue weighted by Crippen LogP contribution is -1.99. The van der Waals surface area contributed by atoms with Crippen LogP contribution in [0.2, 0.25) is 0 Å². The Balaban J connectivity index is 1.95. The van der Waals surface area contributed by atoms with Crippen molar-refractivity contribution in [1.82, 2.24) is 9.97 Å². The average Bonchev–Trinajstić information content (AvgIpc) is 2.98.